The lowest BCUT2D eigenvalue weighted by Gasteiger charge is -2.26. The van der Waals surface area contributed by atoms with Gasteiger partial charge in [-0.05, 0) is 56.2 Å². The van der Waals surface area contributed by atoms with E-state index in [1.807, 2.05) is 0 Å². The molecule has 14 nitrogen and oxygen atoms in total. The Morgan fingerprint density at radius 1 is 0.950 bits per heavy atom. The number of aromatic hydroxyl groups is 1. The Morgan fingerprint density at radius 2 is 1.55 bits per heavy atom. The van der Waals surface area contributed by atoms with Crippen LogP contribution in [-0.4, -0.2) is 77.1 Å². The molecule has 0 bridgehead atoms. The van der Waals surface area contributed by atoms with Gasteiger partial charge in [-0.25, -0.2) is 0 Å². The summed E-state index contributed by atoms with van der Waals surface area (Å²) in [5, 5.41) is 12.1. The molecule has 3 amide bonds. The Hall–Kier alpha value is -4.36. The van der Waals surface area contributed by atoms with E-state index in [2.05, 4.69) is 15.3 Å². The van der Waals surface area contributed by atoms with Crippen LogP contribution in [0.15, 0.2) is 34.3 Å². The highest BCUT2D eigenvalue weighted by Gasteiger charge is 2.36. The zero-order valence-electron chi connectivity index (χ0n) is 22.6. The summed E-state index contributed by atoms with van der Waals surface area (Å²) in [7, 11) is 0. The molecule has 1 aliphatic heterocycles. The van der Waals surface area contributed by atoms with Crippen molar-refractivity contribution in [2.75, 3.05) is 19.6 Å². The summed E-state index contributed by atoms with van der Waals surface area (Å²) in [6.45, 7) is 0.963. The van der Waals surface area contributed by atoms with Gasteiger partial charge in [-0.2, -0.15) is 0 Å². The lowest BCUT2D eigenvalue weighted by molar-refractivity contribution is -0.138. The molecule has 14 heteroatoms. The minimum atomic E-state index is -0.966. The van der Waals surface area contributed by atoms with E-state index in [9.17, 15) is 24.3 Å². The number of likely N-dealkylation sites (tertiary alicyclic amines) is 1. The molecule has 1 aliphatic rings. The molecular weight excluding hydrogens is 518 g/mol. The first-order valence-electron chi connectivity index (χ1n) is 13.3. The summed E-state index contributed by atoms with van der Waals surface area (Å²) >= 11 is 0. The lowest BCUT2D eigenvalue weighted by Crippen LogP contribution is -2.48. The number of nitrogens with two attached hydrogens (primary N) is 5. The highest BCUT2D eigenvalue weighted by molar-refractivity contribution is 5.94. The minimum absolute atomic E-state index is 0.0819. The fourth-order valence-electron chi connectivity index (χ4n) is 4.62. The number of nitrogens with zero attached hydrogens (tertiary/aromatic N) is 3. The van der Waals surface area contributed by atoms with Crippen LogP contribution in [-0.2, 0) is 25.6 Å². The molecule has 0 spiro atoms. The van der Waals surface area contributed by atoms with Crippen molar-refractivity contribution in [2.45, 2.75) is 63.5 Å². The molecular formula is C26H41N9O5. The van der Waals surface area contributed by atoms with Crippen molar-refractivity contribution in [2.24, 2.45) is 44.6 Å². The second-order valence-corrected chi connectivity index (χ2v) is 9.82. The van der Waals surface area contributed by atoms with Gasteiger partial charge in [-0.1, -0.05) is 12.1 Å². The van der Waals surface area contributed by atoms with E-state index in [1.54, 1.807) is 17.0 Å². The maximum Gasteiger partial charge on any atom is 0.240 e. The van der Waals surface area contributed by atoms with E-state index in [4.69, 9.17) is 28.7 Å². The number of benzene rings is 1. The number of rotatable bonds is 16. The van der Waals surface area contributed by atoms with Gasteiger partial charge >= 0.3 is 0 Å². The highest BCUT2D eigenvalue weighted by atomic mass is 16.3. The summed E-state index contributed by atoms with van der Waals surface area (Å²) in [6, 6.07) is 4.70. The van der Waals surface area contributed by atoms with Gasteiger partial charge in [-0.15, -0.1) is 0 Å². The number of carbonyl (C=O) groups excluding carboxylic acids is 4. The van der Waals surface area contributed by atoms with E-state index in [-0.39, 0.29) is 68.1 Å². The van der Waals surface area contributed by atoms with Crippen molar-refractivity contribution in [1.82, 2.24) is 10.2 Å². The molecule has 0 aliphatic carbocycles. The van der Waals surface area contributed by atoms with Crippen LogP contribution in [0.2, 0.25) is 0 Å². The standard InChI is InChI=1S/C26H41N9O5/c27-23(39)19(5-2-12-33-26(30)31)34-24(40)17(4-1-11-32-25(28)29)15-21(37)20-6-3-13-35(20)22(38)14-16-7-9-18(36)10-8-16/h7-10,17,19-20,36H,1-6,11-15H2,(H2,27,39)(H,34,40)(H4,28,29,32)(H4,30,31,33)/t17-,19+,20+/m1/s1. The van der Waals surface area contributed by atoms with Crippen molar-refractivity contribution in [1.29, 1.82) is 0 Å². The molecule has 40 heavy (non-hydrogen) atoms. The SMILES string of the molecule is NC(=O)[C@H](CCCN=C(N)N)NC(=O)[C@H](CCCN=C(N)N)CC(=O)[C@@H]1CCCN1C(=O)Cc1ccc(O)cc1. The first-order chi connectivity index (χ1) is 19.0. The van der Waals surface area contributed by atoms with Crippen LogP contribution < -0.4 is 34.0 Å². The molecule has 2 rings (SSSR count). The number of guanidine groups is 2. The Labute approximate surface area is 233 Å². The predicted octanol–water partition coefficient (Wildman–Crippen LogP) is -1.42. The number of carbonyl (C=O) groups is 4. The molecule has 0 unspecified atom stereocenters. The van der Waals surface area contributed by atoms with E-state index in [0.29, 0.717) is 32.2 Å². The number of hydrogen-bond acceptors (Lipinski definition) is 7. The molecule has 0 saturated carbocycles. The quantitative estimate of drug-likeness (QED) is 0.0711. The van der Waals surface area contributed by atoms with Crippen LogP contribution in [0, 0.1) is 5.92 Å². The molecule has 1 fully saturated rings. The van der Waals surface area contributed by atoms with Crippen LogP contribution in [0.25, 0.3) is 0 Å². The molecule has 1 aromatic rings. The van der Waals surface area contributed by atoms with Crippen LogP contribution >= 0.6 is 0 Å². The van der Waals surface area contributed by atoms with Crippen molar-refractivity contribution in [3.63, 3.8) is 0 Å². The number of hydrogen-bond donors (Lipinski definition) is 7. The zero-order valence-corrected chi connectivity index (χ0v) is 22.6. The first-order valence-corrected chi connectivity index (χ1v) is 13.3. The van der Waals surface area contributed by atoms with Crippen molar-refractivity contribution < 1.29 is 24.3 Å². The van der Waals surface area contributed by atoms with Gasteiger partial charge in [0.25, 0.3) is 0 Å². The lowest BCUT2D eigenvalue weighted by atomic mass is 9.92. The fourth-order valence-corrected chi connectivity index (χ4v) is 4.62. The summed E-state index contributed by atoms with van der Waals surface area (Å²) < 4.78 is 0. The monoisotopic (exact) mass is 559 g/mol. The van der Waals surface area contributed by atoms with Gasteiger partial charge in [-0.3, -0.25) is 29.2 Å². The zero-order chi connectivity index (χ0) is 29.7. The number of aliphatic imine (C=N–C) groups is 2. The number of amides is 3. The molecule has 3 atom stereocenters. The summed E-state index contributed by atoms with van der Waals surface area (Å²) in [5.41, 5.74) is 27.6. The van der Waals surface area contributed by atoms with Crippen molar-refractivity contribution in [3.05, 3.63) is 29.8 Å². The van der Waals surface area contributed by atoms with Gasteiger partial charge in [0, 0.05) is 32.0 Å². The Morgan fingerprint density at radius 3 is 2.12 bits per heavy atom. The number of phenols is 1. The van der Waals surface area contributed by atoms with E-state index in [1.165, 1.54) is 12.1 Å². The smallest absolute Gasteiger partial charge is 0.240 e. The van der Waals surface area contributed by atoms with Crippen LogP contribution in [0.3, 0.4) is 0 Å². The summed E-state index contributed by atoms with van der Waals surface area (Å²) in [5.74, 6) is -2.50. The topological polar surface area (TPSA) is 259 Å². The van der Waals surface area contributed by atoms with Crippen molar-refractivity contribution >= 4 is 35.4 Å². The maximum absolute atomic E-state index is 13.4. The third-order valence-electron chi connectivity index (χ3n) is 6.67. The molecule has 12 N–H and O–H groups in total. The summed E-state index contributed by atoms with van der Waals surface area (Å²) in [6.07, 6.45) is 2.45. The Bertz CT molecular complexity index is 1080. The Balaban J connectivity index is 2.08. The number of nitrogens with one attached hydrogen (secondary N) is 1. The molecule has 1 heterocycles. The molecule has 0 radical (unpaired) electrons. The number of phenolic OH excluding ortho intramolecular Hbond substituents is 1. The predicted molar refractivity (Wildman–Crippen MR) is 151 cm³/mol. The first kappa shape index (κ1) is 31.9. The van der Waals surface area contributed by atoms with E-state index in [0.717, 1.165) is 5.56 Å². The summed E-state index contributed by atoms with van der Waals surface area (Å²) in [4.78, 5) is 61.0. The largest absolute Gasteiger partial charge is 0.508 e. The van der Waals surface area contributed by atoms with Gasteiger partial charge in [0.1, 0.15) is 11.8 Å². The van der Waals surface area contributed by atoms with Crippen LogP contribution in [0.5, 0.6) is 5.75 Å². The molecule has 1 saturated heterocycles. The van der Waals surface area contributed by atoms with Gasteiger partial charge < -0.3 is 44.0 Å². The third-order valence-corrected chi connectivity index (χ3v) is 6.67. The van der Waals surface area contributed by atoms with Crippen LogP contribution in [0.4, 0.5) is 0 Å². The minimum Gasteiger partial charge on any atom is -0.508 e. The van der Waals surface area contributed by atoms with Crippen LogP contribution in [0.1, 0.15) is 50.5 Å². The average molecular weight is 560 g/mol. The fraction of sp³-hybridized carbons (Fsp3) is 0.538. The Kier molecular flexibility index (Phi) is 12.7. The van der Waals surface area contributed by atoms with Gasteiger partial charge in [0.15, 0.2) is 17.7 Å². The number of Topliss-reactive ketones (excluding diaryl/α,β-unsaturated/α-hetero) is 1. The maximum atomic E-state index is 13.4. The van der Waals surface area contributed by atoms with Gasteiger partial charge in [0.2, 0.25) is 17.7 Å². The average Bonchev–Trinajstić information content (AvgIpc) is 3.39. The highest BCUT2D eigenvalue weighted by Crippen LogP contribution is 2.24. The molecule has 1 aromatic carbocycles. The van der Waals surface area contributed by atoms with Crippen molar-refractivity contribution in [3.8, 4) is 5.75 Å². The number of primary amides is 1. The number of ketones is 1. The second-order valence-electron chi connectivity index (χ2n) is 9.82. The van der Waals surface area contributed by atoms with E-state index >= 15 is 0 Å². The third kappa shape index (κ3) is 10.8. The normalized spacial score (nSPS) is 16.0. The van der Waals surface area contributed by atoms with E-state index < -0.39 is 29.8 Å². The second kappa shape index (κ2) is 15.9. The molecule has 220 valence electrons. The van der Waals surface area contributed by atoms with Gasteiger partial charge in [0.05, 0.1) is 12.5 Å². The molecule has 0 aromatic heterocycles.